The normalized spacial score (nSPS) is 15.7. The van der Waals surface area contributed by atoms with Crippen LogP contribution in [0, 0.1) is 5.82 Å². The number of alkyl halides is 2. The molecule has 3 aromatic heterocycles. The molecule has 8 rings (SSSR count). The van der Waals surface area contributed by atoms with E-state index in [4.69, 9.17) is 26.3 Å². The van der Waals surface area contributed by atoms with Gasteiger partial charge in [0.05, 0.1) is 55.6 Å². The molecule has 0 spiro atoms. The van der Waals surface area contributed by atoms with Gasteiger partial charge in [0, 0.05) is 39.9 Å². The molecule has 6 aromatic rings. The van der Waals surface area contributed by atoms with Crippen molar-refractivity contribution in [2.24, 2.45) is 0 Å². The Balaban J connectivity index is 0.965. The van der Waals surface area contributed by atoms with Crippen molar-refractivity contribution in [3.8, 4) is 11.5 Å². The van der Waals surface area contributed by atoms with Crippen molar-refractivity contribution in [3.05, 3.63) is 88.3 Å². The van der Waals surface area contributed by atoms with Crippen LogP contribution in [0.5, 0.6) is 11.5 Å². The Morgan fingerprint density at radius 1 is 1.08 bits per heavy atom. The minimum atomic E-state index is -3.80. The van der Waals surface area contributed by atoms with Gasteiger partial charge in [-0.25, -0.2) is 19.0 Å². The summed E-state index contributed by atoms with van der Waals surface area (Å²) in [5, 5.41) is 36.9. The number of ether oxygens (including phenoxy) is 3. The van der Waals surface area contributed by atoms with Crippen molar-refractivity contribution in [1.82, 2.24) is 29.5 Å². The lowest BCUT2D eigenvalue weighted by Gasteiger charge is -2.27. The van der Waals surface area contributed by atoms with E-state index in [9.17, 15) is 23.8 Å². The number of thioether (sulfide) groups is 1. The third-order valence-corrected chi connectivity index (χ3v) is 12.0. The molecule has 4 heterocycles. The van der Waals surface area contributed by atoms with Gasteiger partial charge in [0.2, 0.25) is 5.91 Å². The first-order chi connectivity index (χ1) is 29.2. The van der Waals surface area contributed by atoms with Gasteiger partial charge in [0.15, 0.2) is 33.6 Å². The molecule has 3 aromatic carbocycles. The molecule has 322 valence electrons. The Bertz CT molecular complexity index is 2590. The quantitative estimate of drug-likeness (QED) is 0.0388. The number of rotatable bonds is 18. The van der Waals surface area contributed by atoms with Crippen LogP contribution >= 0.6 is 23.4 Å². The first-order valence-electron chi connectivity index (χ1n) is 19.8. The maximum absolute atomic E-state index is 15.9. The lowest BCUT2D eigenvalue weighted by molar-refractivity contribution is -0.286. The number of amides is 1. The summed E-state index contributed by atoms with van der Waals surface area (Å²) in [6, 6.07) is 16.4. The Morgan fingerprint density at radius 2 is 1.85 bits per heavy atom. The lowest BCUT2D eigenvalue weighted by atomic mass is 9.90. The molecular formula is C42H44ClF3N8O6S. The summed E-state index contributed by atoms with van der Waals surface area (Å²) in [6.45, 7) is 6.80. The number of carbonyl (C=O) groups is 1. The summed E-state index contributed by atoms with van der Waals surface area (Å²) in [5.74, 6) is -0.143. The molecule has 2 aliphatic rings. The zero-order chi connectivity index (χ0) is 43.1. The molecule has 1 fully saturated rings. The number of nitrogens with zero attached hydrogens (tertiary/aromatic N) is 6. The van der Waals surface area contributed by atoms with E-state index >= 15 is 4.39 Å². The molecule has 1 aliphatic heterocycles. The number of benzene rings is 3. The van der Waals surface area contributed by atoms with Gasteiger partial charge in [-0.05, 0) is 66.8 Å². The van der Waals surface area contributed by atoms with Gasteiger partial charge < -0.3 is 39.6 Å². The van der Waals surface area contributed by atoms with Crippen molar-refractivity contribution >= 4 is 62.8 Å². The number of aliphatic hydroxyl groups is 2. The van der Waals surface area contributed by atoms with Crippen LogP contribution in [0.4, 0.5) is 24.7 Å². The van der Waals surface area contributed by atoms with E-state index in [2.05, 4.69) is 37.3 Å². The predicted octanol–water partition coefficient (Wildman–Crippen LogP) is 7.27. The minimum Gasteiger partial charge on any atom is -0.395 e. The molecular weight excluding hydrogens is 837 g/mol. The second-order valence-corrected chi connectivity index (χ2v) is 17.3. The van der Waals surface area contributed by atoms with E-state index in [1.54, 1.807) is 21.0 Å². The first-order valence-corrected chi connectivity index (χ1v) is 21.2. The number of anilines is 2. The maximum atomic E-state index is 15.9. The molecule has 61 heavy (non-hydrogen) atoms. The number of carbonyl (C=O) groups excluding carboxylic acids is 1. The third kappa shape index (κ3) is 8.95. The summed E-state index contributed by atoms with van der Waals surface area (Å²) in [5.41, 5.74) is 1.91. The Hall–Kier alpha value is -5.14. The molecule has 0 saturated heterocycles. The van der Waals surface area contributed by atoms with Crippen LogP contribution in [0.15, 0.2) is 65.8 Å². The van der Waals surface area contributed by atoms with Crippen molar-refractivity contribution < 1.29 is 42.4 Å². The predicted molar refractivity (Wildman–Crippen MR) is 224 cm³/mol. The van der Waals surface area contributed by atoms with Crippen LogP contribution in [-0.4, -0.2) is 90.2 Å². The molecule has 19 heteroatoms. The Kier molecular flexibility index (Phi) is 11.8. The number of halogens is 4. The van der Waals surface area contributed by atoms with Gasteiger partial charge in [-0.1, -0.05) is 67.5 Å². The number of aliphatic hydroxyl groups excluding tert-OH is 2. The van der Waals surface area contributed by atoms with E-state index in [0.717, 1.165) is 17.7 Å². The van der Waals surface area contributed by atoms with Gasteiger partial charge in [-0.3, -0.25) is 4.79 Å². The SMILES string of the molecule is CCCSc1nc(NCCOCC(C)(C)c2cc3cc(NC(=O)C4(c5ccc6c(c5)OC(F)(F)O6)CC4)c(F)cc3n2CC(O)CO)c2nnn(Cc3ccc(Cl)cc3)c2n1. The number of fused-ring (bicyclic) bond motifs is 3. The maximum Gasteiger partial charge on any atom is 0.586 e. The molecule has 1 unspecified atom stereocenters. The molecule has 14 nitrogen and oxygen atoms in total. The third-order valence-electron chi connectivity index (χ3n) is 10.7. The summed E-state index contributed by atoms with van der Waals surface area (Å²) in [4.78, 5) is 23.2. The van der Waals surface area contributed by atoms with E-state index < -0.39 is 41.6 Å². The second kappa shape index (κ2) is 17.0. The van der Waals surface area contributed by atoms with Gasteiger partial charge in [-0.2, -0.15) is 0 Å². The fourth-order valence-electron chi connectivity index (χ4n) is 7.40. The highest BCUT2D eigenvalue weighted by Crippen LogP contribution is 2.52. The van der Waals surface area contributed by atoms with Crippen LogP contribution in [-0.2, 0) is 33.5 Å². The highest BCUT2D eigenvalue weighted by molar-refractivity contribution is 7.99. The van der Waals surface area contributed by atoms with E-state index in [1.165, 1.54) is 30.3 Å². The van der Waals surface area contributed by atoms with Crippen LogP contribution in [0.3, 0.4) is 0 Å². The van der Waals surface area contributed by atoms with Gasteiger partial charge >= 0.3 is 6.29 Å². The highest BCUT2D eigenvalue weighted by atomic mass is 35.5. The van der Waals surface area contributed by atoms with Crippen LogP contribution in [0.25, 0.3) is 22.1 Å². The van der Waals surface area contributed by atoms with Gasteiger partial charge in [-0.15, -0.1) is 13.9 Å². The van der Waals surface area contributed by atoms with E-state index in [0.29, 0.717) is 75.3 Å². The molecule has 1 amide bonds. The minimum absolute atomic E-state index is 0.0292. The fraction of sp³-hybridized carbons (Fsp3) is 0.405. The molecule has 1 aliphatic carbocycles. The number of hydrogen-bond acceptors (Lipinski definition) is 12. The fourth-order valence-corrected chi connectivity index (χ4v) is 8.21. The van der Waals surface area contributed by atoms with Crippen LogP contribution in [0.2, 0.25) is 5.02 Å². The zero-order valence-electron chi connectivity index (χ0n) is 33.6. The van der Waals surface area contributed by atoms with Crippen molar-refractivity contribution in [2.75, 3.05) is 42.8 Å². The summed E-state index contributed by atoms with van der Waals surface area (Å²) in [7, 11) is 0. The van der Waals surface area contributed by atoms with E-state index in [-0.39, 0.29) is 36.9 Å². The standard InChI is InChI=1S/C42H44ClF3N8O6S/c1-4-15-61-39-49-36(35-37(50-39)54(52-51-35)20-24-5-8-27(43)9-6-24)47-13-14-58-23-40(2,3)34-17-25-16-30(29(44)19-31(25)53(34)21-28(56)22-55)48-38(57)41(11-12-41)26-7-10-32-33(18-26)60-42(45,46)59-32/h5-10,16-19,28,55-56H,4,11-15,20-23H2,1-3H3,(H,48,57)(H,47,49,50). The smallest absolute Gasteiger partial charge is 0.395 e. The van der Waals surface area contributed by atoms with Gasteiger partial charge in [0.1, 0.15) is 5.82 Å². The molecule has 0 bridgehead atoms. The second-order valence-electron chi connectivity index (χ2n) is 15.8. The molecule has 1 atom stereocenters. The Labute approximate surface area is 357 Å². The average Bonchev–Trinajstić information content (AvgIpc) is 3.70. The molecule has 1 saturated carbocycles. The van der Waals surface area contributed by atoms with Crippen LogP contribution < -0.4 is 20.1 Å². The molecule has 4 N–H and O–H groups in total. The number of nitrogens with one attached hydrogen (secondary N) is 2. The van der Waals surface area contributed by atoms with E-state index in [1.807, 2.05) is 44.2 Å². The Morgan fingerprint density at radius 3 is 2.59 bits per heavy atom. The number of aromatic nitrogens is 6. The first kappa shape index (κ1) is 42.5. The molecule has 0 radical (unpaired) electrons. The number of hydrogen-bond donors (Lipinski definition) is 4. The topological polar surface area (TPSA) is 171 Å². The van der Waals surface area contributed by atoms with Crippen LogP contribution in [0.1, 0.15) is 56.9 Å². The summed E-state index contributed by atoms with van der Waals surface area (Å²) in [6.07, 6.45) is -3.13. The van der Waals surface area contributed by atoms with Crippen molar-refractivity contribution in [1.29, 1.82) is 0 Å². The van der Waals surface area contributed by atoms with Gasteiger partial charge in [0.25, 0.3) is 0 Å². The van der Waals surface area contributed by atoms with Crippen molar-refractivity contribution in [3.63, 3.8) is 0 Å². The monoisotopic (exact) mass is 880 g/mol. The van der Waals surface area contributed by atoms with Crippen molar-refractivity contribution in [2.45, 2.75) is 81.5 Å². The zero-order valence-corrected chi connectivity index (χ0v) is 35.1. The average molecular weight is 881 g/mol. The summed E-state index contributed by atoms with van der Waals surface area (Å²) >= 11 is 7.63. The largest absolute Gasteiger partial charge is 0.586 e. The highest BCUT2D eigenvalue weighted by Gasteiger charge is 2.53. The summed E-state index contributed by atoms with van der Waals surface area (Å²) < 4.78 is 62.0. The lowest BCUT2D eigenvalue weighted by Crippen LogP contribution is -2.31.